The highest BCUT2D eigenvalue weighted by molar-refractivity contribution is 5.96. The van der Waals surface area contributed by atoms with E-state index in [9.17, 15) is 18.4 Å². The molecule has 1 amide bonds. The van der Waals surface area contributed by atoms with Crippen LogP contribution in [0, 0.1) is 17.6 Å². The topological polar surface area (TPSA) is 55.4 Å². The van der Waals surface area contributed by atoms with Crippen molar-refractivity contribution in [3.8, 4) is 0 Å². The number of benzene rings is 1. The lowest BCUT2D eigenvalue weighted by molar-refractivity contribution is -0.147. The van der Waals surface area contributed by atoms with Crippen LogP contribution < -0.4 is 5.32 Å². The average Bonchev–Trinajstić information content (AvgIpc) is 2.78. The molecule has 0 saturated heterocycles. The monoisotopic (exact) mass is 467 g/mol. The molecule has 0 aromatic heterocycles. The third-order valence-corrected chi connectivity index (χ3v) is 5.88. The molecule has 0 radical (unpaired) electrons. The van der Waals surface area contributed by atoms with Crippen molar-refractivity contribution in [2.45, 2.75) is 110 Å². The second-order valence-corrected chi connectivity index (χ2v) is 9.23. The van der Waals surface area contributed by atoms with Gasteiger partial charge in [0.25, 0.3) is 5.91 Å². The maximum absolute atomic E-state index is 13.4. The molecule has 33 heavy (non-hydrogen) atoms. The molecular weight excluding hydrogens is 424 g/mol. The van der Waals surface area contributed by atoms with E-state index in [1.165, 1.54) is 70.3 Å². The van der Waals surface area contributed by atoms with E-state index >= 15 is 0 Å². The van der Waals surface area contributed by atoms with Gasteiger partial charge in [-0.05, 0) is 30.5 Å². The minimum absolute atomic E-state index is 0.0381. The number of amides is 1. The Hall–Kier alpha value is -1.98. The zero-order valence-corrected chi connectivity index (χ0v) is 20.8. The zero-order valence-electron chi connectivity index (χ0n) is 20.8. The van der Waals surface area contributed by atoms with Gasteiger partial charge < -0.3 is 10.1 Å². The largest absolute Gasteiger partial charge is 0.464 e. The SMILES string of the molecule is CCCCCCCCCCCCCCCOC(=O)C(NC(=O)c1ccc(F)c(F)c1)C(C)C. The summed E-state index contributed by atoms with van der Waals surface area (Å²) in [5.74, 6) is -3.46. The molecule has 0 aliphatic heterocycles. The van der Waals surface area contributed by atoms with Crippen LogP contribution in [0.2, 0.25) is 0 Å². The van der Waals surface area contributed by atoms with E-state index in [-0.39, 0.29) is 11.5 Å². The Kier molecular flexibility index (Phi) is 15.4. The minimum Gasteiger partial charge on any atom is -0.464 e. The highest BCUT2D eigenvalue weighted by Crippen LogP contribution is 2.13. The number of unbranched alkanes of at least 4 members (excludes halogenated alkanes) is 12. The molecule has 1 aromatic rings. The van der Waals surface area contributed by atoms with Gasteiger partial charge in [-0.3, -0.25) is 4.79 Å². The number of hydrogen-bond acceptors (Lipinski definition) is 3. The van der Waals surface area contributed by atoms with Crippen molar-refractivity contribution >= 4 is 11.9 Å². The summed E-state index contributed by atoms with van der Waals surface area (Å²) in [6.07, 6.45) is 16.2. The predicted molar refractivity (Wildman–Crippen MR) is 129 cm³/mol. The van der Waals surface area contributed by atoms with Crippen molar-refractivity contribution in [3.63, 3.8) is 0 Å². The molecule has 6 heteroatoms. The second-order valence-electron chi connectivity index (χ2n) is 9.23. The number of hydrogen-bond donors (Lipinski definition) is 1. The first kappa shape index (κ1) is 29.1. The molecule has 1 unspecified atom stereocenters. The van der Waals surface area contributed by atoms with E-state index in [4.69, 9.17) is 4.74 Å². The normalized spacial score (nSPS) is 12.1. The molecule has 0 fully saturated rings. The number of ether oxygens (including phenoxy) is 1. The Labute approximate surface area is 198 Å². The first-order valence-corrected chi connectivity index (χ1v) is 12.8. The number of carbonyl (C=O) groups excluding carboxylic acids is 2. The lowest BCUT2D eigenvalue weighted by Crippen LogP contribution is -2.45. The van der Waals surface area contributed by atoms with Gasteiger partial charge in [0.2, 0.25) is 0 Å². The van der Waals surface area contributed by atoms with Gasteiger partial charge in [-0.15, -0.1) is 0 Å². The van der Waals surface area contributed by atoms with Crippen LogP contribution in [-0.2, 0) is 9.53 Å². The van der Waals surface area contributed by atoms with Gasteiger partial charge in [-0.25, -0.2) is 13.6 Å². The van der Waals surface area contributed by atoms with Crippen LogP contribution in [0.25, 0.3) is 0 Å². The molecule has 0 spiro atoms. The molecule has 188 valence electrons. The van der Waals surface area contributed by atoms with E-state index in [0.717, 1.165) is 31.4 Å². The predicted octanol–water partition coefficient (Wildman–Crippen LogP) is 7.35. The summed E-state index contributed by atoms with van der Waals surface area (Å²) in [6, 6.07) is 2.06. The summed E-state index contributed by atoms with van der Waals surface area (Å²) in [6.45, 7) is 6.15. The van der Waals surface area contributed by atoms with E-state index in [0.29, 0.717) is 6.61 Å². The van der Waals surface area contributed by atoms with E-state index in [1.807, 2.05) is 0 Å². The average molecular weight is 468 g/mol. The maximum atomic E-state index is 13.4. The van der Waals surface area contributed by atoms with Gasteiger partial charge in [0.1, 0.15) is 6.04 Å². The molecule has 0 aliphatic rings. The van der Waals surface area contributed by atoms with Gasteiger partial charge in [-0.2, -0.15) is 0 Å². The lowest BCUT2D eigenvalue weighted by atomic mass is 10.0. The Morgan fingerprint density at radius 1 is 0.818 bits per heavy atom. The Bertz CT molecular complexity index is 694. The number of carbonyl (C=O) groups is 2. The van der Waals surface area contributed by atoms with E-state index < -0.39 is 29.6 Å². The molecule has 0 aliphatic carbocycles. The minimum atomic E-state index is -1.10. The smallest absolute Gasteiger partial charge is 0.328 e. The summed E-state index contributed by atoms with van der Waals surface area (Å²) < 4.78 is 31.8. The van der Waals surface area contributed by atoms with Gasteiger partial charge in [0.15, 0.2) is 11.6 Å². The first-order chi connectivity index (χ1) is 15.9. The summed E-state index contributed by atoms with van der Waals surface area (Å²) in [4.78, 5) is 24.7. The van der Waals surface area contributed by atoms with Crippen molar-refractivity contribution < 1.29 is 23.1 Å². The lowest BCUT2D eigenvalue weighted by Gasteiger charge is -2.21. The van der Waals surface area contributed by atoms with Crippen molar-refractivity contribution in [3.05, 3.63) is 35.4 Å². The fourth-order valence-electron chi connectivity index (χ4n) is 3.74. The molecule has 0 heterocycles. The fraction of sp³-hybridized carbons (Fsp3) is 0.704. The van der Waals surface area contributed by atoms with Crippen LogP contribution >= 0.6 is 0 Å². The van der Waals surface area contributed by atoms with Gasteiger partial charge in [0, 0.05) is 5.56 Å². The molecule has 1 N–H and O–H groups in total. The maximum Gasteiger partial charge on any atom is 0.328 e. The van der Waals surface area contributed by atoms with Crippen molar-refractivity contribution in [2.75, 3.05) is 6.61 Å². The highest BCUT2D eigenvalue weighted by atomic mass is 19.2. The van der Waals surface area contributed by atoms with Crippen LogP contribution in [-0.4, -0.2) is 24.5 Å². The van der Waals surface area contributed by atoms with E-state index in [1.54, 1.807) is 13.8 Å². The second kappa shape index (κ2) is 17.5. The Balaban J connectivity index is 2.16. The summed E-state index contributed by atoms with van der Waals surface area (Å²) >= 11 is 0. The van der Waals surface area contributed by atoms with Gasteiger partial charge in [-0.1, -0.05) is 97.8 Å². The molecular formula is C27H43F2NO3. The van der Waals surface area contributed by atoms with Crippen LogP contribution in [0.5, 0.6) is 0 Å². The van der Waals surface area contributed by atoms with Gasteiger partial charge in [0.05, 0.1) is 6.61 Å². The standard InChI is InChI=1S/C27H43F2NO3/c1-4-5-6-7-8-9-10-11-12-13-14-15-16-19-33-27(32)25(21(2)3)30-26(31)22-17-18-23(28)24(29)20-22/h17-18,20-21,25H,4-16,19H2,1-3H3,(H,30,31). The molecule has 1 aromatic carbocycles. The number of rotatable bonds is 18. The number of halogens is 2. The third-order valence-electron chi connectivity index (χ3n) is 5.88. The molecule has 1 rings (SSSR count). The zero-order chi connectivity index (χ0) is 24.5. The fourth-order valence-corrected chi connectivity index (χ4v) is 3.74. The van der Waals surface area contributed by atoms with Crippen molar-refractivity contribution in [1.82, 2.24) is 5.32 Å². The van der Waals surface area contributed by atoms with Crippen LogP contribution in [0.15, 0.2) is 18.2 Å². The van der Waals surface area contributed by atoms with Crippen molar-refractivity contribution in [2.24, 2.45) is 5.92 Å². The molecule has 4 nitrogen and oxygen atoms in total. The summed E-state index contributed by atoms with van der Waals surface area (Å²) in [5, 5.41) is 2.58. The number of nitrogens with one attached hydrogen (secondary N) is 1. The first-order valence-electron chi connectivity index (χ1n) is 12.8. The summed E-state index contributed by atoms with van der Waals surface area (Å²) in [7, 11) is 0. The number of esters is 1. The molecule has 0 saturated carbocycles. The third kappa shape index (κ3) is 12.7. The van der Waals surface area contributed by atoms with Gasteiger partial charge >= 0.3 is 5.97 Å². The van der Waals surface area contributed by atoms with E-state index in [2.05, 4.69) is 12.2 Å². The highest BCUT2D eigenvalue weighted by Gasteiger charge is 2.26. The van der Waals surface area contributed by atoms with Crippen LogP contribution in [0.4, 0.5) is 8.78 Å². The Morgan fingerprint density at radius 3 is 1.82 bits per heavy atom. The Morgan fingerprint density at radius 2 is 1.33 bits per heavy atom. The molecule has 0 bridgehead atoms. The molecule has 1 atom stereocenters. The quantitative estimate of drug-likeness (QED) is 0.181. The van der Waals surface area contributed by atoms with Crippen molar-refractivity contribution in [1.29, 1.82) is 0 Å². The van der Waals surface area contributed by atoms with Crippen LogP contribution in [0.1, 0.15) is 115 Å². The summed E-state index contributed by atoms with van der Waals surface area (Å²) in [5.41, 5.74) is -0.0381. The van der Waals surface area contributed by atoms with Crippen LogP contribution in [0.3, 0.4) is 0 Å².